The molecule has 0 radical (unpaired) electrons. The molecule has 0 saturated heterocycles. The fourth-order valence-corrected chi connectivity index (χ4v) is 5.18. The Balaban J connectivity index is 2.03. The lowest BCUT2D eigenvalue weighted by molar-refractivity contribution is 0.495. The lowest BCUT2D eigenvalue weighted by Crippen LogP contribution is -2.05. The zero-order valence-electron chi connectivity index (χ0n) is 13.7. The molecule has 1 N–H and O–H groups in total. The van der Waals surface area contributed by atoms with E-state index in [0.717, 1.165) is 36.8 Å². The summed E-state index contributed by atoms with van der Waals surface area (Å²) in [6.45, 7) is 0. The van der Waals surface area contributed by atoms with Crippen molar-refractivity contribution in [3.05, 3.63) is 46.5 Å². The van der Waals surface area contributed by atoms with Crippen LogP contribution < -0.4 is 0 Å². The molecule has 2 aromatic carbocycles. The zero-order valence-corrected chi connectivity index (χ0v) is 14.6. The first-order chi connectivity index (χ1) is 11.8. The predicted octanol–water partition coefficient (Wildman–Crippen LogP) is 5.80. The molecule has 0 amide bonds. The summed E-state index contributed by atoms with van der Waals surface area (Å²) in [5, 5.41) is 2.39. The number of rotatable bonds is 0. The van der Waals surface area contributed by atoms with Crippen molar-refractivity contribution < 1.29 is 13.3 Å². The van der Waals surface area contributed by atoms with Crippen LogP contribution in [-0.2, 0) is 25.7 Å². The van der Waals surface area contributed by atoms with Crippen LogP contribution in [0.5, 0.6) is 0 Å². The maximum atomic E-state index is 10.2. The molecule has 124 valence electrons. The Labute approximate surface area is 141 Å². The molecule has 2 aliphatic rings. The molecule has 0 aliphatic heterocycles. The van der Waals surface area contributed by atoms with Crippen molar-refractivity contribution in [1.29, 1.82) is 0 Å². The van der Waals surface area contributed by atoms with Gasteiger partial charge >= 0.3 is 8.24 Å². The molecule has 0 bridgehead atoms. The standard InChI is InChI=1S/C20H21O3P/c21-24-22-17-11-9-13-5-1-3-7-15(13)19(17)20-16-8-4-2-6-14(16)10-12-18(20)23-24/h9-12,21H,1-8H2. The molecule has 0 saturated carbocycles. The van der Waals surface area contributed by atoms with Gasteiger partial charge in [0, 0.05) is 10.8 Å². The first-order valence-corrected chi connectivity index (χ1v) is 10.1. The van der Waals surface area contributed by atoms with Crippen molar-refractivity contribution >= 4 is 30.2 Å². The summed E-state index contributed by atoms with van der Waals surface area (Å²) in [4.78, 5) is 10.2. The van der Waals surface area contributed by atoms with E-state index in [2.05, 4.69) is 12.1 Å². The second-order valence-corrected chi connectivity index (χ2v) is 7.83. The van der Waals surface area contributed by atoms with Crippen LogP contribution in [0.15, 0.2) is 32.7 Å². The molecule has 2 aliphatic carbocycles. The van der Waals surface area contributed by atoms with Gasteiger partial charge in [0.05, 0.1) is 0 Å². The second kappa shape index (κ2) is 5.68. The molecular formula is C20H21O3P. The van der Waals surface area contributed by atoms with Crippen molar-refractivity contribution in [3.63, 3.8) is 0 Å². The van der Waals surface area contributed by atoms with Crippen molar-refractivity contribution in [2.24, 2.45) is 0 Å². The van der Waals surface area contributed by atoms with Crippen LogP contribution in [-0.4, -0.2) is 4.89 Å². The smallest absolute Gasteiger partial charge is 0.384 e. The molecule has 1 aromatic heterocycles. The van der Waals surface area contributed by atoms with Crippen LogP contribution in [0.2, 0.25) is 0 Å². The van der Waals surface area contributed by atoms with Gasteiger partial charge in [0.25, 0.3) is 0 Å². The van der Waals surface area contributed by atoms with Crippen molar-refractivity contribution in [2.75, 3.05) is 0 Å². The molecule has 0 atom stereocenters. The van der Waals surface area contributed by atoms with Gasteiger partial charge in [0.15, 0.2) is 0 Å². The Morgan fingerprint density at radius 1 is 0.667 bits per heavy atom. The summed E-state index contributed by atoms with van der Waals surface area (Å²) in [6, 6.07) is 8.42. The first kappa shape index (κ1) is 14.6. The maximum absolute atomic E-state index is 10.2. The minimum absolute atomic E-state index is 0.794. The van der Waals surface area contributed by atoms with Crippen molar-refractivity contribution in [3.8, 4) is 0 Å². The predicted molar refractivity (Wildman–Crippen MR) is 97.2 cm³/mol. The van der Waals surface area contributed by atoms with Crippen molar-refractivity contribution in [1.82, 2.24) is 0 Å². The second-order valence-electron chi connectivity index (χ2n) is 6.99. The van der Waals surface area contributed by atoms with Crippen LogP contribution >= 0.6 is 8.24 Å². The number of benzene rings is 2. The third kappa shape index (κ3) is 2.22. The summed E-state index contributed by atoms with van der Waals surface area (Å²) in [5.74, 6) is 0. The SMILES string of the molecule is Op1oc2ccc3c(c2c2c4c(ccc2o1)CCCC4)CCCC3. The molecule has 0 fully saturated rings. The Morgan fingerprint density at radius 2 is 1.12 bits per heavy atom. The summed E-state index contributed by atoms with van der Waals surface area (Å²) < 4.78 is 11.6. The van der Waals surface area contributed by atoms with E-state index in [1.54, 1.807) is 0 Å². The quantitative estimate of drug-likeness (QED) is 0.562. The third-order valence-electron chi connectivity index (χ3n) is 5.59. The van der Waals surface area contributed by atoms with E-state index < -0.39 is 8.24 Å². The number of hydrogen-bond donors (Lipinski definition) is 1. The fourth-order valence-electron chi connectivity index (χ4n) is 4.50. The zero-order chi connectivity index (χ0) is 16.1. The summed E-state index contributed by atoms with van der Waals surface area (Å²) in [5.41, 5.74) is 7.28. The van der Waals surface area contributed by atoms with Gasteiger partial charge in [-0.05, 0) is 85.8 Å². The Kier molecular flexibility index (Phi) is 3.46. The van der Waals surface area contributed by atoms with Gasteiger partial charge in [0.1, 0.15) is 11.2 Å². The molecule has 0 unspecified atom stereocenters. The summed E-state index contributed by atoms with van der Waals surface area (Å²) >= 11 is 0. The van der Waals surface area contributed by atoms with E-state index in [0.29, 0.717) is 0 Å². The molecule has 0 spiro atoms. The Bertz CT molecular complexity index is 909. The molecule has 3 aromatic rings. The van der Waals surface area contributed by atoms with E-state index in [-0.39, 0.29) is 0 Å². The maximum Gasteiger partial charge on any atom is 0.384 e. The average Bonchev–Trinajstić information content (AvgIpc) is 2.77. The van der Waals surface area contributed by atoms with E-state index in [1.807, 2.05) is 12.1 Å². The van der Waals surface area contributed by atoms with Crippen LogP contribution in [0.4, 0.5) is 0 Å². The van der Waals surface area contributed by atoms with Crippen LogP contribution in [0.25, 0.3) is 21.9 Å². The highest BCUT2D eigenvalue weighted by Gasteiger charge is 2.20. The van der Waals surface area contributed by atoms with Gasteiger partial charge in [-0.15, -0.1) is 0 Å². The normalized spacial score (nSPS) is 16.9. The minimum atomic E-state index is -1.92. The lowest BCUT2D eigenvalue weighted by atomic mass is 9.84. The van der Waals surface area contributed by atoms with E-state index in [9.17, 15) is 4.89 Å². The molecule has 4 heteroatoms. The van der Waals surface area contributed by atoms with Crippen LogP contribution in [0.1, 0.15) is 47.9 Å². The minimum Gasteiger partial charge on any atom is -0.399 e. The third-order valence-corrected chi connectivity index (χ3v) is 6.30. The topological polar surface area (TPSA) is 46.5 Å². The van der Waals surface area contributed by atoms with Gasteiger partial charge in [-0.3, -0.25) is 4.89 Å². The highest BCUT2D eigenvalue weighted by atomic mass is 31.1. The van der Waals surface area contributed by atoms with Gasteiger partial charge in [-0.2, -0.15) is 0 Å². The molecular weight excluding hydrogens is 319 g/mol. The largest absolute Gasteiger partial charge is 0.399 e. The van der Waals surface area contributed by atoms with Gasteiger partial charge < -0.3 is 8.39 Å². The van der Waals surface area contributed by atoms with Gasteiger partial charge in [-0.25, -0.2) is 0 Å². The van der Waals surface area contributed by atoms with E-state index in [4.69, 9.17) is 8.39 Å². The highest BCUT2D eigenvalue weighted by molar-refractivity contribution is 7.30. The number of fused-ring (bicyclic) bond motifs is 7. The van der Waals surface area contributed by atoms with Crippen LogP contribution in [0.3, 0.4) is 0 Å². The van der Waals surface area contributed by atoms with E-state index >= 15 is 0 Å². The fraction of sp³-hybridized carbons (Fsp3) is 0.400. The number of aryl methyl sites for hydroxylation is 4. The summed E-state index contributed by atoms with van der Waals surface area (Å²) in [6.07, 6.45) is 9.43. The highest BCUT2D eigenvalue weighted by Crippen LogP contribution is 2.41. The Hall–Kier alpha value is -1.70. The van der Waals surface area contributed by atoms with Crippen LogP contribution in [0, 0.1) is 0 Å². The summed E-state index contributed by atoms with van der Waals surface area (Å²) in [7, 11) is -1.92. The Morgan fingerprint density at radius 3 is 1.62 bits per heavy atom. The molecule has 24 heavy (non-hydrogen) atoms. The molecule has 1 heterocycles. The van der Waals surface area contributed by atoms with E-state index in [1.165, 1.54) is 58.7 Å². The first-order valence-electron chi connectivity index (χ1n) is 8.96. The monoisotopic (exact) mass is 340 g/mol. The average molecular weight is 340 g/mol. The van der Waals surface area contributed by atoms with Gasteiger partial charge in [0.2, 0.25) is 0 Å². The molecule has 3 nitrogen and oxygen atoms in total. The van der Waals surface area contributed by atoms with Gasteiger partial charge in [-0.1, -0.05) is 12.1 Å². The molecule has 5 rings (SSSR count). The van der Waals surface area contributed by atoms with Crippen molar-refractivity contribution in [2.45, 2.75) is 51.4 Å². The lowest BCUT2D eigenvalue weighted by Gasteiger charge is -2.20. The number of hydrogen-bond acceptors (Lipinski definition) is 3.